The number of hydrogen-bond acceptors (Lipinski definition) is 5. The molecule has 0 fully saturated rings. The highest BCUT2D eigenvalue weighted by Crippen LogP contribution is 2.20. The third-order valence-corrected chi connectivity index (χ3v) is 4.70. The first-order valence-electron chi connectivity index (χ1n) is 5.90. The highest BCUT2D eigenvalue weighted by molar-refractivity contribution is 7.89. The number of benzene rings is 1. The topological polar surface area (TPSA) is 85.1 Å². The second kappa shape index (κ2) is 5.86. The van der Waals surface area contributed by atoms with Crippen LogP contribution < -0.4 is 10.5 Å². The van der Waals surface area contributed by atoms with Gasteiger partial charge in [0.05, 0.1) is 17.1 Å². The molecule has 20 heavy (non-hydrogen) atoms. The number of primary sulfonamides is 1. The fourth-order valence-electron chi connectivity index (χ4n) is 1.58. The van der Waals surface area contributed by atoms with Crippen molar-refractivity contribution in [2.75, 3.05) is 5.32 Å². The van der Waals surface area contributed by atoms with E-state index < -0.39 is 15.8 Å². The molecule has 2 aromatic rings. The molecule has 0 saturated carbocycles. The number of nitrogens with zero attached hydrogens (tertiary/aromatic N) is 1. The van der Waals surface area contributed by atoms with Crippen LogP contribution >= 0.6 is 11.3 Å². The molecule has 3 N–H and O–H groups in total. The van der Waals surface area contributed by atoms with Crippen LogP contribution in [0.3, 0.4) is 0 Å². The van der Waals surface area contributed by atoms with Crippen LogP contribution in [-0.2, 0) is 23.0 Å². The minimum absolute atomic E-state index is 0.214. The Labute approximate surface area is 120 Å². The molecule has 0 aliphatic carbocycles. The monoisotopic (exact) mass is 315 g/mol. The van der Waals surface area contributed by atoms with Gasteiger partial charge in [-0.3, -0.25) is 0 Å². The van der Waals surface area contributed by atoms with Crippen LogP contribution in [0.25, 0.3) is 0 Å². The number of aryl methyl sites for hydroxylation is 1. The number of nitrogens with one attached hydrogen (secondary N) is 1. The van der Waals surface area contributed by atoms with Gasteiger partial charge >= 0.3 is 0 Å². The van der Waals surface area contributed by atoms with Crippen molar-refractivity contribution in [3.63, 3.8) is 0 Å². The predicted octanol–water partition coefficient (Wildman–Crippen LogP) is 2.10. The molecule has 0 spiro atoms. The third kappa shape index (κ3) is 3.53. The molecule has 1 heterocycles. The minimum Gasteiger partial charge on any atom is -0.376 e. The van der Waals surface area contributed by atoms with Crippen molar-refractivity contribution in [1.29, 1.82) is 0 Å². The summed E-state index contributed by atoms with van der Waals surface area (Å²) in [4.78, 5) is 5.12. The van der Waals surface area contributed by atoms with Gasteiger partial charge in [0.25, 0.3) is 0 Å². The molecule has 0 radical (unpaired) electrons. The zero-order chi connectivity index (χ0) is 14.8. The van der Waals surface area contributed by atoms with Gasteiger partial charge in [-0.15, -0.1) is 11.3 Å². The predicted molar refractivity (Wildman–Crippen MR) is 76.6 cm³/mol. The van der Waals surface area contributed by atoms with Gasteiger partial charge in [-0.25, -0.2) is 22.9 Å². The SMILES string of the molecule is CCc1cnc(CNc2ccc(S(N)(=O)=O)cc2F)s1. The summed E-state index contributed by atoms with van der Waals surface area (Å²) in [6.45, 7) is 2.42. The zero-order valence-corrected chi connectivity index (χ0v) is 12.4. The number of hydrogen-bond donors (Lipinski definition) is 2. The Morgan fingerprint density at radius 1 is 1.45 bits per heavy atom. The Morgan fingerprint density at radius 2 is 2.20 bits per heavy atom. The van der Waals surface area contributed by atoms with E-state index in [2.05, 4.69) is 10.3 Å². The van der Waals surface area contributed by atoms with Gasteiger partial charge < -0.3 is 5.32 Å². The first-order valence-corrected chi connectivity index (χ1v) is 8.26. The summed E-state index contributed by atoms with van der Waals surface area (Å²) in [5, 5.41) is 8.66. The Kier molecular flexibility index (Phi) is 4.36. The lowest BCUT2D eigenvalue weighted by Crippen LogP contribution is -2.12. The van der Waals surface area contributed by atoms with Crippen molar-refractivity contribution < 1.29 is 12.8 Å². The summed E-state index contributed by atoms with van der Waals surface area (Å²) in [6.07, 6.45) is 2.71. The van der Waals surface area contributed by atoms with Gasteiger partial charge in [-0.1, -0.05) is 6.92 Å². The number of aromatic nitrogens is 1. The van der Waals surface area contributed by atoms with Crippen LogP contribution in [0.1, 0.15) is 16.8 Å². The standard InChI is InChI=1S/C12H14FN3O2S2/c1-2-8-6-16-12(19-8)7-15-11-4-3-9(5-10(11)13)20(14,17)18/h3-6,15H,2,7H2,1H3,(H2,14,17,18). The summed E-state index contributed by atoms with van der Waals surface area (Å²) in [7, 11) is -3.89. The Morgan fingerprint density at radius 3 is 2.75 bits per heavy atom. The number of sulfonamides is 1. The molecule has 0 saturated heterocycles. The largest absolute Gasteiger partial charge is 0.376 e. The lowest BCUT2D eigenvalue weighted by atomic mass is 10.3. The maximum absolute atomic E-state index is 13.8. The maximum atomic E-state index is 13.8. The fourth-order valence-corrected chi connectivity index (χ4v) is 2.91. The number of halogens is 1. The van der Waals surface area contributed by atoms with Gasteiger partial charge in [-0.2, -0.15) is 0 Å². The van der Waals surface area contributed by atoms with E-state index in [1.807, 2.05) is 6.92 Å². The Balaban J connectivity index is 2.10. The molecule has 8 heteroatoms. The van der Waals surface area contributed by atoms with E-state index >= 15 is 0 Å². The lowest BCUT2D eigenvalue weighted by molar-refractivity contribution is 0.593. The second-order valence-corrected chi connectivity index (χ2v) is 6.88. The van der Waals surface area contributed by atoms with Gasteiger partial charge in [0.2, 0.25) is 10.0 Å². The van der Waals surface area contributed by atoms with Gasteiger partial charge in [-0.05, 0) is 24.6 Å². The molecule has 0 amide bonds. The molecular weight excluding hydrogens is 301 g/mol. The Bertz CT molecular complexity index is 713. The van der Waals surface area contributed by atoms with Crippen LogP contribution in [0.4, 0.5) is 10.1 Å². The van der Waals surface area contributed by atoms with E-state index in [0.717, 1.165) is 22.4 Å². The zero-order valence-electron chi connectivity index (χ0n) is 10.8. The quantitative estimate of drug-likeness (QED) is 0.885. The van der Waals surface area contributed by atoms with Crippen LogP contribution in [0.5, 0.6) is 0 Å². The van der Waals surface area contributed by atoms with Crippen molar-refractivity contribution in [3.8, 4) is 0 Å². The molecule has 5 nitrogen and oxygen atoms in total. The molecule has 0 atom stereocenters. The van der Waals surface area contributed by atoms with Crippen LogP contribution in [0.2, 0.25) is 0 Å². The van der Waals surface area contributed by atoms with E-state index in [9.17, 15) is 12.8 Å². The summed E-state index contributed by atoms with van der Waals surface area (Å²) < 4.78 is 35.9. The lowest BCUT2D eigenvalue weighted by Gasteiger charge is -2.07. The smallest absolute Gasteiger partial charge is 0.238 e. The second-order valence-electron chi connectivity index (χ2n) is 4.11. The fraction of sp³-hybridized carbons (Fsp3) is 0.250. The molecule has 2 rings (SSSR count). The first-order chi connectivity index (χ1) is 9.40. The number of rotatable bonds is 5. The molecule has 0 unspecified atom stereocenters. The summed E-state index contributed by atoms with van der Waals surface area (Å²) >= 11 is 1.55. The highest BCUT2D eigenvalue weighted by Gasteiger charge is 2.11. The van der Waals surface area contributed by atoms with E-state index in [0.29, 0.717) is 6.54 Å². The van der Waals surface area contributed by atoms with Crippen LogP contribution in [0.15, 0.2) is 29.3 Å². The van der Waals surface area contributed by atoms with E-state index in [-0.39, 0.29) is 10.6 Å². The number of thiazole rings is 1. The van der Waals surface area contributed by atoms with Gasteiger partial charge in [0, 0.05) is 11.1 Å². The normalized spacial score (nSPS) is 11.6. The molecule has 108 valence electrons. The number of nitrogens with two attached hydrogens (primary N) is 1. The van der Waals surface area contributed by atoms with Crippen LogP contribution in [0, 0.1) is 5.82 Å². The number of anilines is 1. The van der Waals surface area contributed by atoms with Crippen molar-refractivity contribution in [3.05, 3.63) is 40.1 Å². The molecule has 0 aliphatic heterocycles. The average molecular weight is 315 g/mol. The first kappa shape index (κ1) is 14.9. The van der Waals surface area contributed by atoms with E-state index in [4.69, 9.17) is 5.14 Å². The van der Waals surface area contributed by atoms with Crippen molar-refractivity contribution in [1.82, 2.24) is 4.98 Å². The van der Waals surface area contributed by atoms with Gasteiger partial charge in [0.1, 0.15) is 10.8 Å². The summed E-state index contributed by atoms with van der Waals surface area (Å²) in [5.41, 5.74) is 0.214. The summed E-state index contributed by atoms with van der Waals surface area (Å²) in [5.74, 6) is -0.663. The third-order valence-electron chi connectivity index (χ3n) is 2.65. The molecular formula is C12H14FN3O2S2. The van der Waals surface area contributed by atoms with Crippen molar-refractivity contribution in [2.45, 2.75) is 24.8 Å². The molecule has 0 aliphatic rings. The molecule has 0 bridgehead atoms. The average Bonchev–Trinajstić information content (AvgIpc) is 2.84. The summed E-state index contributed by atoms with van der Waals surface area (Å²) in [6, 6.07) is 3.51. The molecule has 1 aromatic heterocycles. The molecule has 1 aromatic carbocycles. The minimum atomic E-state index is -3.89. The van der Waals surface area contributed by atoms with Gasteiger partial charge in [0.15, 0.2) is 0 Å². The van der Waals surface area contributed by atoms with E-state index in [1.54, 1.807) is 17.5 Å². The van der Waals surface area contributed by atoms with Crippen molar-refractivity contribution >= 4 is 27.0 Å². The maximum Gasteiger partial charge on any atom is 0.238 e. The van der Waals surface area contributed by atoms with E-state index in [1.165, 1.54) is 12.1 Å². The Hall–Kier alpha value is -1.51. The van der Waals surface area contributed by atoms with Crippen LogP contribution in [-0.4, -0.2) is 13.4 Å². The van der Waals surface area contributed by atoms with Crippen molar-refractivity contribution in [2.24, 2.45) is 5.14 Å². The highest BCUT2D eigenvalue weighted by atomic mass is 32.2.